The second-order valence-electron chi connectivity index (χ2n) is 7.07. The Labute approximate surface area is 183 Å². The first kappa shape index (κ1) is 22.1. The number of thiophene rings is 1. The number of nitrogens with zero attached hydrogens (tertiary/aromatic N) is 4. The van der Waals surface area contributed by atoms with Gasteiger partial charge in [0, 0.05) is 32.5 Å². The first-order chi connectivity index (χ1) is 14.7. The molecule has 1 aromatic carbocycles. The van der Waals surface area contributed by atoms with Crippen LogP contribution in [0, 0.1) is 0 Å². The lowest BCUT2D eigenvalue weighted by Gasteiger charge is -2.30. The Morgan fingerprint density at radius 3 is 2.57 bits per heavy atom. The molecule has 3 rings (SSSR count). The normalized spacial score (nSPS) is 12.9. The molecule has 1 atom stereocenters. The van der Waals surface area contributed by atoms with Crippen LogP contribution in [-0.2, 0) is 13.1 Å². The van der Waals surface area contributed by atoms with Gasteiger partial charge in [-0.25, -0.2) is 0 Å². The highest BCUT2D eigenvalue weighted by Crippen LogP contribution is 2.22. The molecule has 6 nitrogen and oxygen atoms in total. The van der Waals surface area contributed by atoms with E-state index in [0.717, 1.165) is 32.1 Å². The van der Waals surface area contributed by atoms with Crippen LogP contribution in [0.25, 0.3) is 0 Å². The van der Waals surface area contributed by atoms with Gasteiger partial charge in [-0.05, 0) is 52.7 Å². The van der Waals surface area contributed by atoms with E-state index in [1.165, 1.54) is 16.7 Å². The maximum absolute atomic E-state index is 4.43. The predicted molar refractivity (Wildman–Crippen MR) is 126 cm³/mol. The number of guanidine groups is 1. The van der Waals surface area contributed by atoms with Gasteiger partial charge in [0.1, 0.15) is 0 Å². The number of nitrogens with one attached hydrogen (secondary N) is 2. The number of aromatic nitrogens is 2. The van der Waals surface area contributed by atoms with Gasteiger partial charge < -0.3 is 10.6 Å². The van der Waals surface area contributed by atoms with Crippen molar-refractivity contribution in [2.75, 3.05) is 26.7 Å². The molecule has 0 bridgehead atoms. The summed E-state index contributed by atoms with van der Waals surface area (Å²) in [5.74, 6) is 0.816. The third-order valence-electron chi connectivity index (χ3n) is 5.32. The summed E-state index contributed by atoms with van der Waals surface area (Å²) in [6.45, 7) is 8.76. The Bertz CT molecular complexity index is 884. The minimum Gasteiger partial charge on any atom is -0.354 e. The van der Waals surface area contributed by atoms with Gasteiger partial charge in [0.2, 0.25) is 0 Å². The first-order valence-electron chi connectivity index (χ1n) is 10.5. The summed E-state index contributed by atoms with van der Waals surface area (Å²) < 4.78 is 1.95. The summed E-state index contributed by atoms with van der Waals surface area (Å²) >= 11 is 1.75. The van der Waals surface area contributed by atoms with E-state index in [-0.39, 0.29) is 0 Å². The zero-order valence-corrected chi connectivity index (χ0v) is 18.9. The highest BCUT2D eigenvalue weighted by atomic mass is 32.1. The fraction of sp³-hybridized carbons (Fsp3) is 0.391. The molecule has 30 heavy (non-hydrogen) atoms. The van der Waals surface area contributed by atoms with Crippen molar-refractivity contribution in [2.24, 2.45) is 4.99 Å². The van der Waals surface area contributed by atoms with Crippen LogP contribution in [0.3, 0.4) is 0 Å². The fourth-order valence-electron chi connectivity index (χ4n) is 3.63. The standard InChI is InChI=1S/C23H32N6S/c1-4-28(5-2)22(21-11-14-30-18-21)16-26-23(24-3)25-15-19-9-6-7-10-20(19)17-29-13-8-12-27-29/h6-14,18,22H,4-5,15-17H2,1-3H3,(H2,24,25,26). The monoisotopic (exact) mass is 424 g/mol. The third kappa shape index (κ3) is 5.93. The largest absolute Gasteiger partial charge is 0.354 e. The van der Waals surface area contributed by atoms with Gasteiger partial charge in [0.15, 0.2) is 5.96 Å². The molecular weight excluding hydrogens is 392 g/mol. The SMILES string of the molecule is CCN(CC)C(CNC(=NC)NCc1ccccc1Cn1cccn1)c1ccsc1. The number of hydrogen-bond donors (Lipinski definition) is 2. The molecule has 0 aliphatic carbocycles. The van der Waals surface area contributed by atoms with Crippen molar-refractivity contribution in [1.82, 2.24) is 25.3 Å². The van der Waals surface area contributed by atoms with Crippen LogP contribution < -0.4 is 10.6 Å². The summed E-state index contributed by atoms with van der Waals surface area (Å²) in [6, 6.07) is 13.0. The van der Waals surface area contributed by atoms with E-state index in [1.54, 1.807) is 11.3 Å². The van der Waals surface area contributed by atoms with Crippen molar-refractivity contribution in [3.63, 3.8) is 0 Å². The fourth-order valence-corrected chi connectivity index (χ4v) is 4.34. The molecule has 1 unspecified atom stereocenters. The maximum Gasteiger partial charge on any atom is 0.191 e. The third-order valence-corrected chi connectivity index (χ3v) is 6.03. The smallest absolute Gasteiger partial charge is 0.191 e. The van der Waals surface area contributed by atoms with E-state index in [4.69, 9.17) is 0 Å². The van der Waals surface area contributed by atoms with Gasteiger partial charge in [-0.3, -0.25) is 14.6 Å². The molecule has 2 N–H and O–H groups in total. The van der Waals surface area contributed by atoms with E-state index in [9.17, 15) is 0 Å². The Morgan fingerprint density at radius 1 is 1.13 bits per heavy atom. The summed E-state index contributed by atoms with van der Waals surface area (Å²) in [6.07, 6.45) is 3.80. The molecule has 7 heteroatoms. The molecule has 2 heterocycles. The predicted octanol–water partition coefficient (Wildman–Crippen LogP) is 3.74. The van der Waals surface area contributed by atoms with Gasteiger partial charge in [0.25, 0.3) is 0 Å². The van der Waals surface area contributed by atoms with E-state index in [2.05, 4.69) is 80.6 Å². The van der Waals surface area contributed by atoms with Crippen molar-refractivity contribution in [3.8, 4) is 0 Å². The maximum atomic E-state index is 4.43. The molecular formula is C23H32N6S. The van der Waals surface area contributed by atoms with Crippen molar-refractivity contribution < 1.29 is 0 Å². The van der Waals surface area contributed by atoms with Gasteiger partial charge >= 0.3 is 0 Å². The molecule has 160 valence electrons. The average Bonchev–Trinajstić information content (AvgIpc) is 3.48. The molecule has 2 aromatic heterocycles. The Morgan fingerprint density at radius 2 is 1.93 bits per heavy atom. The minimum atomic E-state index is 0.330. The highest BCUT2D eigenvalue weighted by Gasteiger charge is 2.18. The van der Waals surface area contributed by atoms with Gasteiger partial charge in [-0.15, -0.1) is 0 Å². The lowest BCUT2D eigenvalue weighted by molar-refractivity contribution is 0.219. The molecule has 0 spiro atoms. The van der Waals surface area contributed by atoms with Crippen molar-refractivity contribution in [2.45, 2.75) is 33.0 Å². The van der Waals surface area contributed by atoms with Crippen LogP contribution in [0.4, 0.5) is 0 Å². The van der Waals surface area contributed by atoms with Crippen LogP contribution in [0.15, 0.2) is 64.5 Å². The molecule has 0 radical (unpaired) electrons. The minimum absolute atomic E-state index is 0.330. The number of hydrogen-bond acceptors (Lipinski definition) is 4. The number of rotatable bonds is 10. The van der Waals surface area contributed by atoms with Crippen LogP contribution in [0.5, 0.6) is 0 Å². The summed E-state index contributed by atoms with van der Waals surface area (Å²) in [5, 5.41) is 15.7. The lowest BCUT2D eigenvalue weighted by atomic mass is 10.1. The zero-order valence-electron chi connectivity index (χ0n) is 18.1. The van der Waals surface area contributed by atoms with Crippen molar-refractivity contribution >= 4 is 17.3 Å². The Kier molecular flexibility index (Phi) is 8.47. The molecule has 0 amide bonds. The van der Waals surface area contributed by atoms with E-state index < -0.39 is 0 Å². The van der Waals surface area contributed by atoms with Gasteiger partial charge in [0.05, 0.1) is 12.6 Å². The second kappa shape index (κ2) is 11.5. The van der Waals surface area contributed by atoms with Crippen LogP contribution in [0.1, 0.15) is 36.6 Å². The summed E-state index contributed by atoms with van der Waals surface area (Å²) in [4.78, 5) is 6.91. The van der Waals surface area contributed by atoms with E-state index in [0.29, 0.717) is 12.6 Å². The first-order valence-corrected chi connectivity index (χ1v) is 11.4. The van der Waals surface area contributed by atoms with Crippen LogP contribution in [0.2, 0.25) is 0 Å². The molecule has 3 aromatic rings. The van der Waals surface area contributed by atoms with Crippen molar-refractivity contribution in [3.05, 3.63) is 76.2 Å². The Hall–Kier alpha value is -2.64. The molecule has 0 fully saturated rings. The van der Waals surface area contributed by atoms with Gasteiger partial charge in [-0.1, -0.05) is 38.1 Å². The van der Waals surface area contributed by atoms with E-state index in [1.807, 2.05) is 30.2 Å². The lowest BCUT2D eigenvalue weighted by Crippen LogP contribution is -2.43. The molecule has 0 aliphatic rings. The number of likely N-dealkylation sites (N-methyl/N-ethyl adjacent to an activating group) is 1. The molecule has 0 aliphatic heterocycles. The number of benzene rings is 1. The van der Waals surface area contributed by atoms with Crippen LogP contribution in [-0.4, -0.2) is 47.3 Å². The highest BCUT2D eigenvalue weighted by molar-refractivity contribution is 7.07. The summed E-state index contributed by atoms with van der Waals surface area (Å²) in [7, 11) is 1.82. The van der Waals surface area contributed by atoms with E-state index >= 15 is 0 Å². The van der Waals surface area contributed by atoms with Gasteiger partial charge in [-0.2, -0.15) is 16.4 Å². The summed E-state index contributed by atoms with van der Waals surface area (Å²) in [5.41, 5.74) is 3.86. The number of aliphatic imine (C=N–C) groups is 1. The Balaban J connectivity index is 1.61. The molecule has 0 saturated carbocycles. The quantitative estimate of drug-likeness (QED) is 0.385. The molecule has 0 saturated heterocycles. The second-order valence-corrected chi connectivity index (χ2v) is 7.85. The average molecular weight is 425 g/mol. The topological polar surface area (TPSA) is 57.5 Å². The van der Waals surface area contributed by atoms with Crippen molar-refractivity contribution in [1.29, 1.82) is 0 Å². The van der Waals surface area contributed by atoms with Crippen LogP contribution >= 0.6 is 11.3 Å². The zero-order chi connectivity index (χ0) is 21.2.